The topological polar surface area (TPSA) is 66.4 Å². The van der Waals surface area contributed by atoms with Crippen molar-refractivity contribution in [1.29, 1.82) is 0 Å². The number of anilines is 1. The minimum atomic E-state index is -0.990. The van der Waals surface area contributed by atoms with Crippen LogP contribution >= 0.6 is 12.6 Å². The van der Waals surface area contributed by atoms with E-state index in [1.54, 1.807) is 6.92 Å². The van der Waals surface area contributed by atoms with Gasteiger partial charge in [-0.15, -0.1) is 0 Å². The molecular weight excluding hydrogens is 214 g/mol. The molecule has 0 heterocycles. The first-order valence-electron chi connectivity index (χ1n) is 4.33. The van der Waals surface area contributed by atoms with Crippen LogP contribution in [0.5, 0.6) is 0 Å². The van der Waals surface area contributed by atoms with Gasteiger partial charge in [-0.1, -0.05) is 0 Å². The monoisotopic (exact) mass is 225 g/mol. The van der Waals surface area contributed by atoms with Gasteiger partial charge in [-0.05, 0) is 31.2 Å². The molecule has 4 nitrogen and oxygen atoms in total. The van der Waals surface area contributed by atoms with E-state index in [1.165, 1.54) is 24.3 Å². The van der Waals surface area contributed by atoms with E-state index in [1.807, 2.05) is 0 Å². The van der Waals surface area contributed by atoms with Crippen molar-refractivity contribution in [3.63, 3.8) is 0 Å². The van der Waals surface area contributed by atoms with Crippen LogP contribution < -0.4 is 5.32 Å². The van der Waals surface area contributed by atoms with E-state index in [9.17, 15) is 9.59 Å². The summed E-state index contributed by atoms with van der Waals surface area (Å²) in [5.41, 5.74) is 0.748. The predicted molar refractivity (Wildman–Crippen MR) is 60.5 cm³/mol. The molecule has 2 N–H and O–H groups in total. The first-order valence-corrected chi connectivity index (χ1v) is 4.84. The summed E-state index contributed by atoms with van der Waals surface area (Å²) in [5, 5.41) is 10.8. The maximum atomic E-state index is 11.2. The molecule has 0 fully saturated rings. The average Bonchev–Trinajstić information content (AvgIpc) is 2.18. The Balaban J connectivity index is 2.73. The molecule has 0 spiro atoms. The first kappa shape index (κ1) is 11.6. The molecule has 1 unspecified atom stereocenters. The van der Waals surface area contributed by atoms with E-state index in [-0.39, 0.29) is 11.5 Å². The molecule has 15 heavy (non-hydrogen) atoms. The van der Waals surface area contributed by atoms with E-state index < -0.39 is 11.2 Å². The molecule has 0 bridgehead atoms. The number of thiol groups is 1. The fourth-order valence-electron chi connectivity index (χ4n) is 0.943. The lowest BCUT2D eigenvalue weighted by Crippen LogP contribution is -2.20. The second-order valence-corrected chi connectivity index (χ2v) is 3.82. The van der Waals surface area contributed by atoms with Gasteiger partial charge in [0.15, 0.2) is 0 Å². The zero-order valence-corrected chi connectivity index (χ0v) is 8.99. The normalized spacial score (nSPS) is 11.9. The highest BCUT2D eigenvalue weighted by Gasteiger charge is 2.08. The van der Waals surface area contributed by atoms with Gasteiger partial charge in [0, 0.05) is 5.69 Å². The Bertz CT molecular complexity index is 373. The number of carbonyl (C=O) groups is 2. The van der Waals surface area contributed by atoms with Crippen molar-refractivity contribution in [3.8, 4) is 0 Å². The number of carboxylic acid groups (broad SMARTS) is 1. The third kappa shape index (κ3) is 3.28. The number of aromatic carboxylic acids is 1. The standard InChI is InChI=1S/C10H11NO3S/c1-6(15)9(12)11-8-4-2-7(3-5-8)10(13)14/h2-6,15H,1H3,(H,11,12)(H,13,14). The highest BCUT2D eigenvalue weighted by atomic mass is 32.1. The Morgan fingerprint density at radius 2 is 1.87 bits per heavy atom. The van der Waals surface area contributed by atoms with E-state index in [2.05, 4.69) is 17.9 Å². The lowest BCUT2D eigenvalue weighted by atomic mass is 10.2. The lowest BCUT2D eigenvalue weighted by Gasteiger charge is -2.06. The molecule has 0 aliphatic heterocycles. The minimum absolute atomic E-state index is 0.187. The number of hydrogen-bond donors (Lipinski definition) is 3. The van der Waals surface area contributed by atoms with Crippen molar-refractivity contribution in [2.24, 2.45) is 0 Å². The molecule has 5 heteroatoms. The van der Waals surface area contributed by atoms with Gasteiger partial charge in [0.2, 0.25) is 5.91 Å². The summed E-state index contributed by atoms with van der Waals surface area (Å²) < 4.78 is 0. The van der Waals surface area contributed by atoms with Crippen molar-refractivity contribution in [2.45, 2.75) is 12.2 Å². The largest absolute Gasteiger partial charge is 0.478 e. The molecule has 1 aromatic carbocycles. The van der Waals surface area contributed by atoms with Crippen LogP contribution in [0.25, 0.3) is 0 Å². The van der Waals surface area contributed by atoms with Crippen molar-refractivity contribution in [1.82, 2.24) is 0 Å². The SMILES string of the molecule is CC(S)C(=O)Nc1ccc(C(=O)O)cc1. The summed E-state index contributed by atoms with van der Waals surface area (Å²) >= 11 is 3.97. The zero-order valence-electron chi connectivity index (χ0n) is 8.10. The Morgan fingerprint density at radius 1 is 1.33 bits per heavy atom. The van der Waals surface area contributed by atoms with Crippen molar-refractivity contribution in [3.05, 3.63) is 29.8 Å². The number of carbonyl (C=O) groups excluding carboxylic acids is 1. The van der Waals surface area contributed by atoms with Crippen LogP contribution in [0.1, 0.15) is 17.3 Å². The van der Waals surface area contributed by atoms with E-state index in [0.29, 0.717) is 5.69 Å². The number of hydrogen-bond acceptors (Lipinski definition) is 3. The molecule has 1 aromatic rings. The van der Waals surface area contributed by atoms with Crippen LogP contribution in [-0.4, -0.2) is 22.2 Å². The average molecular weight is 225 g/mol. The van der Waals surface area contributed by atoms with E-state index in [4.69, 9.17) is 5.11 Å². The second kappa shape index (κ2) is 4.84. The maximum absolute atomic E-state index is 11.2. The van der Waals surface area contributed by atoms with Gasteiger partial charge in [-0.2, -0.15) is 12.6 Å². The molecular formula is C10H11NO3S. The van der Waals surface area contributed by atoms with Crippen molar-refractivity contribution >= 4 is 30.2 Å². The summed E-state index contributed by atoms with van der Waals surface area (Å²) in [5.74, 6) is -1.21. The third-order valence-electron chi connectivity index (χ3n) is 1.78. The number of nitrogens with one attached hydrogen (secondary N) is 1. The van der Waals surface area contributed by atoms with Crippen LogP contribution in [0.2, 0.25) is 0 Å². The molecule has 80 valence electrons. The van der Waals surface area contributed by atoms with Gasteiger partial charge < -0.3 is 10.4 Å². The molecule has 0 radical (unpaired) electrons. The van der Waals surface area contributed by atoms with Gasteiger partial charge in [-0.25, -0.2) is 4.79 Å². The van der Waals surface area contributed by atoms with Crippen LogP contribution in [-0.2, 0) is 4.79 Å². The zero-order chi connectivity index (χ0) is 11.4. The predicted octanol–water partition coefficient (Wildman–Crippen LogP) is 1.64. The maximum Gasteiger partial charge on any atom is 0.335 e. The van der Waals surface area contributed by atoms with Crippen molar-refractivity contribution < 1.29 is 14.7 Å². The molecule has 1 atom stereocenters. The Hall–Kier alpha value is -1.49. The lowest BCUT2D eigenvalue weighted by molar-refractivity contribution is -0.115. The quantitative estimate of drug-likeness (QED) is 0.685. The first-order chi connectivity index (χ1) is 7.00. The van der Waals surface area contributed by atoms with Gasteiger partial charge in [-0.3, -0.25) is 4.79 Å². The fourth-order valence-corrected chi connectivity index (χ4v) is 1.01. The van der Waals surface area contributed by atoms with Gasteiger partial charge >= 0.3 is 5.97 Å². The van der Waals surface area contributed by atoms with Crippen molar-refractivity contribution in [2.75, 3.05) is 5.32 Å². The third-order valence-corrected chi connectivity index (χ3v) is 2.01. The molecule has 1 amide bonds. The summed E-state index contributed by atoms with van der Waals surface area (Å²) in [6, 6.07) is 5.94. The highest BCUT2D eigenvalue weighted by Crippen LogP contribution is 2.10. The Morgan fingerprint density at radius 3 is 2.27 bits per heavy atom. The van der Waals surface area contributed by atoms with Crippen LogP contribution in [0.15, 0.2) is 24.3 Å². The second-order valence-electron chi connectivity index (χ2n) is 3.05. The summed E-state index contributed by atoms with van der Waals surface area (Å²) in [7, 11) is 0. The van der Waals surface area contributed by atoms with Crippen LogP contribution in [0, 0.1) is 0 Å². The van der Waals surface area contributed by atoms with Crippen LogP contribution in [0.3, 0.4) is 0 Å². The van der Waals surface area contributed by atoms with Gasteiger partial charge in [0.1, 0.15) is 0 Å². The molecule has 0 saturated carbocycles. The number of carboxylic acids is 1. The minimum Gasteiger partial charge on any atom is -0.478 e. The van der Waals surface area contributed by atoms with Gasteiger partial charge in [0.25, 0.3) is 0 Å². The summed E-state index contributed by atoms with van der Waals surface area (Å²) in [6.07, 6.45) is 0. The molecule has 0 aliphatic carbocycles. The highest BCUT2D eigenvalue weighted by molar-refractivity contribution is 7.81. The molecule has 0 saturated heterocycles. The summed E-state index contributed by atoms with van der Waals surface area (Å²) in [4.78, 5) is 21.8. The molecule has 0 aliphatic rings. The number of rotatable bonds is 3. The number of benzene rings is 1. The summed E-state index contributed by atoms with van der Waals surface area (Å²) in [6.45, 7) is 1.66. The van der Waals surface area contributed by atoms with E-state index >= 15 is 0 Å². The Labute approximate surface area is 92.7 Å². The smallest absolute Gasteiger partial charge is 0.335 e. The van der Waals surface area contributed by atoms with Gasteiger partial charge in [0.05, 0.1) is 10.8 Å². The molecule has 0 aromatic heterocycles. The van der Waals surface area contributed by atoms with E-state index in [0.717, 1.165) is 0 Å². The number of amides is 1. The molecule has 1 rings (SSSR count). The Kier molecular flexibility index (Phi) is 3.74. The fraction of sp³-hybridized carbons (Fsp3) is 0.200. The van der Waals surface area contributed by atoms with Crippen LogP contribution in [0.4, 0.5) is 5.69 Å².